The highest BCUT2D eigenvalue weighted by atomic mass is 19.1. The van der Waals surface area contributed by atoms with Crippen molar-refractivity contribution in [2.75, 3.05) is 49.1 Å². The van der Waals surface area contributed by atoms with Crippen molar-refractivity contribution >= 4 is 28.4 Å². The number of rotatable bonds is 3. The molecule has 9 heteroatoms. The molecule has 1 amide bonds. The van der Waals surface area contributed by atoms with Crippen LogP contribution >= 0.6 is 0 Å². The number of nitrogens with zero attached hydrogens (tertiary/aromatic N) is 7. The van der Waals surface area contributed by atoms with Crippen molar-refractivity contribution in [3.05, 3.63) is 41.6 Å². The zero-order chi connectivity index (χ0) is 21.5. The molecule has 162 valence electrons. The minimum atomic E-state index is -0.169. The maximum Gasteiger partial charge on any atom is 0.242 e. The summed E-state index contributed by atoms with van der Waals surface area (Å²) in [6, 6.07) is 3.34. The van der Waals surface area contributed by atoms with E-state index < -0.39 is 0 Å². The third-order valence-corrected chi connectivity index (χ3v) is 6.36. The summed E-state index contributed by atoms with van der Waals surface area (Å²) in [6.45, 7) is 5.73. The molecule has 0 spiro atoms. The lowest BCUT2D eigenvalue weighted by Gasteiger charge is -2.38. The molecule has 31 heavy (non-hydrogen) atoms. The zero-order valence-corrected chi connectivity index (χ0v) is 17.9. The predicted octanol–water partition coefficient (Wildman–Crippen LogP) is 1.91. The second-order valence-corrected chi connectivity index (χ2v) is 8.29. The second-order valence-electron chi connectivity index (χ2n) is 8.29. The van der Waals surface area contributed by atoms with Gasteiger partial charge in [0.2, 0.25) is 5.91 Å². The van der Waals surface area contributed by atoms with Crippen LogP contribution in [0.5, 0.6) is 0 Å². The number of halogens is 1. The van der Waals surface area contributed by atoms with Crippen LogP contribution in [0, 0.1) is 12.7 Å². The van der Waals surface area contributed by atoms with E-state index in [0.717, 1.165) is 53.1 Å². The lowest BCUT2D eigenvalue weighted by molar-refractivity contribution is -0.130. The molecule has 5 rings (SSSR count). The van der Waals surface area contributed by atoms with Crippen LogP contribution in [-0.2, 0) is 18.3 Å². The third-order valence-electron chi connectivity index (χ3n) is 6.36. The summed E-state index contributed by atoms with van der Waals surface area (Å²) >= 11 is 0. The number of aromatic nitrogens is 4. The molecule has 0 radical (unpaired) electrons. The monoisotopic (exact) mass is 423 g/mol. The van der Waals surface area contributed by atoms with Gasteiger partial charge in [0.05, 0.1) is 18.1 Å². The Morgan fingerprint density at radius 2 is 1.94 bits per heavy atom. The summed E-state index contributed by atoms with van der Waals surface area (Å²) in [5.74, 6) is 0.782. The van der Waals surface area contributed by atoms with Gasteiger partial charge in [-0.1, -0.05) is 6.07 Å². The molecule has 2 aliphatic heterocycles. The summed E-state index contributed by atoms with van der Waals surface area (Å²) < 4.78 is 16.0. The Morgan fingerprint density at radius 1 is 1.13 bits per heavy atom. The van der Waals surface area contributed by atoms with Gasteiger partial charge in [0.25, 0.3) is 0 Å². The molecule has 2 aliphatic rings. The first-order valence-corrected chi connectivity index (χ1v) is 10.7. The summed E-state index contributed by atoms with van der Waals surface area (Å²) in [5.41, 5.74) is 3.47. The van der Waals surface area contributed by atoms with Crippen LogP contribution in [0.25, 0.3) is 11.0 Å². The van der Waals surface area contributed by atoms with Crippen molar-refractivity contribution < 1.29 is 9.18 Å². The van der Waals surface area contributed by atoms with E-state index >= 15 is 0 Å². The molecule has 4 heterocycles. The molecule has 0 unspecified atom stereocenters. The largest absolute Gasteiger partial charge is 0.362 e. The van der Waals surface area contributed by atoms with E-state index in [9.17, 15) is 9.18 Å². The van der Waals surface area contributed by atoms with Gasteiger partial charge in [-0.3, -0.25) is 9.48 Å². The number of piperazine rings is 1. The van der Waals surface area contributed by atoms with E-state index in [1.165, 1.54) is 6.07 Å². The number of amides is 1. The standard InChI is InChI=1S/C22H26FN7O/c1-15-5-6-18(23)16-4-3-7-30(20(15)16)13-19(31)28-8-10-29(11-9-28)22-17-12-26-27(2)21(17)24-14-25-22/h5-6,12,14H,3-4,7-11,13H2,1-2H3. The van der Waals surface area contributed by atoms with E-state index in [1.807, 2.05) is 18.9 Å². The van der Waals surface area contributed by atoms with E-state index in [0.29, 0.717) is 26.2 Å². The number of hydrogen-bond acceptors (Lipinski definition) is 6. The Hall–Kier alpha value is -3.23. The van der Waals surface area contributed by atoms with E-state index in [-0.39, 0.29) is 18.3 Å². The van der Waals surface area contributed by atoms with Gasteiger partial charge in [-0.25, -0.2) is 14.4 Å². The van der Waals surface area contributed by atoms with Crippen LogP contribution in [0.1, 0.15) is 17.5 Å². The highest BCUT2D eigenvalue weighted by molar-refractivity contribution is 5.87. The molecule has 0 aliphatic carbocycles. The summed E-state index contributed by atoms with van der Waals surface area (Å²) in [4.78, 5) is 28.0. The SMILES string of the molecule is Cc1ccc(F)c2c1N(CC(=O)N1CCN(c3ncnc4c3cnn4C)CC1)CCC2. The van der Waals surface area contributed by atoms with E-state index in [4.69, 9.17) is 0 Å². The topological polar surface area (TPSA) is 70.4 Å². The van der Waals surface area contributed by atoms with Crippen molar-refractivity contribution in [2.24, 2.45) is 7.05 Å². The van der Waals surface area contributed by atoms with Crippen molar-refractivity contribution in [1.82, 2.24) is 24.6 Å². The second kappa shape index (κ2) is 7.79. The van der Waals surface area contributed by atoms with Crippen molar-refractivity contribution in [2.45, 2.75) is 19.8 Å². The average Bonchev–Trinajstić information content (AvgIpc) is 3.17. The van der Waals surface area contributed by atoms with Crippen LogP contribution in [0.15, 0.2) is 24.7 Å². The molecule has 0 atom stereocenters. The average molecular weight is 423 g/mol. The first-order chi connectivity index (χ1) is 15.0. The molecule has 1 aromatic carbocycles. The van der Waals surface area contributed by atoms with Gasteiger partial charge in [0.15, 0.2) is 5.65 Å². The summed E-state index contributed by atoms with van der Waals surface area (Å²) in [6.07, 6.45) is 4.95. The molecular weight excluding hydrogens is 397 g/mol. The third kappa shape index (κ3) is 3.47. The highest BCUT2D eigenvalue weighted by Gasteiger charge is 2.28. The van der Waals surface area contributed by atoms with Gasteiger partial charge in [-0.2, -0.15) is 5.10 Å². The minimum absolute atomic E-state index is 0.0883. The van der Waals surface area contributed by atoms with Gasteiger partial charge in [-0.05, 0) is 31.4 Å². The Labute approximate surface area is 180 Å². The van der Waals surface area contributed by atoms with E-state index in [2.05, 4.69) is 24.9 Å². The number of benzene rings is 1. The lowest BCUT2D eigenvalue weighted by Crippen LogP contribution is -2.52. The normalized spacial score (nSPS) is 16.7. The van der Waals surface area contributed by atoms with Gasteiger partial charge in [-0.15, -0.1) is 0 Å². The van der Waals surface area contributed by atoms with Crippen LogP contribution in [-0.4, -0.2) is 69.8 Å². The maximum absolute atomic E-state index is 14.3. The molecular formula is C22H26FN7O. The number of carbonyl (C=O) groups excluding carboxylic acids is 1. The molecule has 0 bridgehead atoms. The molecule has 0 N–H and O–H groups in total. The van der Waals surface area contributed by atoms with Crippen molar-refractivity contribution in [3.63, 3.8) is 0 Å². The van der Waals surface area contributed by atoms with Crippen molar-refractivity contribution in [3.8, 4) is 0 Å². The van der Waals surface area contributed by atoms with Crippen molar-refractivity contribution in [1.29, 1.82) is 0 Å². The fourth-order valence-corrected chi connectivity index (χ4v) is 4.76. The Morgan fingerprint density at radius 3 is 2.74 bits per heavy atom. The zero-order valence-electron chi connectivity index (χ0n) is 17.9. The number of carbonyl (C=O) groups is 1. The van der Waals surface area contributed by atoms with Crippen LogP contribution in [0.4, 0.5) is 15.9 Å². The van der Waals surface area contributed by atoms with Crippen LogP contribution < -0.4 is 9.80 Å². The van der Waals surface area contributed by atoms with Gasteiger partial charge >= 0.3 is 0 Å². The Bertz CT molecular complexity index is 1140. The Kier molecular flexibility index (Phi) is 4.95. The first kappa shape index (κ1) is 19.7. The van der Waals surface area contributed by atoms with Gasteiger partial charge in [0.1, 0.15) is 18.0 Å². The fourth-order valence-electron chi connectivity index (χ4n) is 4.76. The maximum atomic E-state index is 14.3. The number of fused-ring (bicyclic) bond motifs is 2. The quantitative estimate of drug-likeness (QED) is 0.641. The van der Waals surface area contributed by atoms with Crippen LogP contribution in [0.2, 0.25) is 0 Å². The fraction of sp³-hybridized carbons (Fsp3) is 0.455. The Balaban J connectivity index is 1.27. The highest BCUT2D eigenvalue weighted by Crippen LogP contribution is 2.32. The molecule has 8 nitrogen and oxygen atoms in total. The number of aryl methyl sites for hydroxylation is 2. The summed E-state index contributed by atoms with van der Waals surface area (Å²) in [7, 11) is 1.86. The first-order valence-electron chi connectivity index (χ1n) is 10.7. The molecule has 3 aromatic rings. The molecule has 1 fully saturated rings. The lowest BCUT2D eigenvalue weighted by atomic mass is 9.97. The van der Waals surface area contributed by atoms with Gasteiger partial charge < -0.3 is 14.7 Å². The number of hydrogen-bond donors (Lipinski definition) is 0. The van der Waals surface area contributed by atoms with Crippen LogP contribution in [0.3, 0.4) is 0 Å². The smallest absolute Gasteiger partial charge is 0.242 e. The minimum Gasteiger partial charge on any atom is -0.362 e. The summed E-state index contributed by atoms with van der Waals surface area (Å²) in [5, 5.41) is 5.21. The van der Waals surface area contributed by atoms with E-state index in [1.54, 1.807) is 23.3 Å². The number of anilines is 2. The predicted molar refractivity (Wildman–Crippen MR) is 117 cm³/mol. The molecule has 0 saturated carbocycles. The van der Waals surface area contributed by atoms with Gasteiger partial charge in [0, 0.05) is 51.0 Å². The molecule has 1 saturated heterocycles. The molecule has 2 aromatic heterocycles.